The fourth-order valence-electron chi connectivity index (χ4n) is 0.462. The van der Waals surface area contributed by atoms with Crippen LogP contribution in [-0.2, 0) is 0 Å². The van der Waals surface area contributed by atoms with Gasteiger partial charge in [-0.25, -0.2) is 4.98 Å². The van der Waals surface area contributed by atoms with Crippen molar-refractivity contribution in [2.45, 2.75) is 0 Å². The molecule has 0 aromatic carbocycles. The maximum Gasteiger partial charge on any atom is 0.217 e. The van der Waals surface area contributed by atoms with Gasteiger partial charge in [0.05, 0.1) is 5.02 Å². The minimum absolute atomic E-state index is 0.101. The van der Waals surface area contributed by atoms with E-state index in [0.717, 1.165) is 0 Å². The van der Waals surface area contributed by atoms with Crippen molar-refractivity contribution in [1.29, 1.82) is 0 Å². The van der Waals surface area contributed by atoms with Gasteiger partial charge >= 0.3 is 0 Å². The van der Waals surface area contributed by atoms with Gasteiger partial charge in [-0.3, -0.25) is 0 Å². The lowest BCUT2D eigenvalue weighted by Gasteiger charge is -1.97. The maximum atomic E-state index is 5.56. The predicted octanol–water partition coefficient (Wildman–Crippen LogP) is 2.86. The molecule has 0 radical (unpaired) electrons. The first-order valence-electron chi connectivity index (χ1n) is 2.47. The van der Waals surface area contributed by atoms with E-state index in [0.29, 0.717) is 10.9 Å². The molecule has 0 spiro atoms. The van der Waals surface area contributed by atoms with Crippen LogP contribution in [0, 0.1) is 0 Å². The summed E-state index contributed by atoms with van der Waals surface area (Å²) in [6, 6.07) is 3.36. The van der Waals surface area contributed by atoms with Crippen LogP contribution in [0.3, 0.4) is 0 Å². The van der Waals surface area contributed by atoms with Crippen LogP contribution in [0.25, 0.3) is 0 Å². The van der Waals surface area contributed by atoms with Crippen molar-refractivity contribution in [2.24, 2.45) is 0 Å². The van der Waals surface area contributed by atoms with E-state index >= 15 is 0 Å². The summed E-state index contributed by atoms with van der Waals surface area (Å²) in [6.45, 7) is 0. The van der Waals surface area contributed by atoms with E-state index in [2.05, 4.69) is 4.98 Å². The third kappa shape index (κ3) is 2.30. The molecule has 1 aromatic heterocycles. The molecule has 54 valence electrons. The summed E-state index contributed by atoms with van der Waals surface area (Å²) in [4.78, 5) is 3.84. The van der Waals surface area contributed by atoms with Gasteiger partial charge in [0, 0.05) is 12.3 Å². The van der Waals surface area contributed by atoms with Gasteiger partial charge in [-0.05, 0) is 6.07 Å². The lowest BCUT2D eigenvalue weighted by atomic mass is 10.5. The summed E-state index contributed by atoms with van der Waals surface area (Å²) >= 11 is 10.9. The molecule has 0 amide bonds. The quantitative estimate of drug-likeness (QED) is 0.678. The molecule has 0 fully saturated rings. The molecule has 0 aliphatic heterocycles. The molecule has 5 heteroatoms. The summed E-state index contributed by atoms with van der Waals surface area (Å²) in [5.74, 6) is 0.498. The van der Waals surface area contributed by atoms with Crippen LogP contribution in [-0.4, -0.2) is 4.98 Å². The van der Waals surface area contributed by atoms with Crippen LogP contribution in [0.5, 0.6) is 5.88 Å². The minimum atomic E-state index is -0.101. The first-order chi connectivity index (χ1) is 4.83. The van der Waals surface area contributed by atoms with Gasteiger partial charge in [0.25, 0.3) is 0 Å². The first kappa shape index (κ1) is 8.06. The number of hydrogen-bond acceptors (Lipinski definition) is 2. The van der Waals surface area contributed by atoms with Crippen LogP contribution in [0.1, 0.15) is 0 Å². The van der Waals surface area contributed by atoms with Gasteiger partial charge in [-0.2, -0.15) is 0 Å². The SMILES string of the molecule is ClPOc1ccc(Cl)cn1. The zero-order valence-corrected chi connectivity index (χ0v) is 7.36. The zero-order chi connectivity index (χ0) is 7.40. The molecule has 1 aromatic rings. The van der Waals surface area contributed by atoms with Gasteiger partial charge < -0.3 is 4.52 Å². The van der Waals surface area contributed by atoms with Gasteiger partial charge in [-0.1, -0.05) is 22.8 Å². The monoisotopic (exact) mass is 195 g/mol. The fourth-order valence-corrected chi connectivity index (χ4v) is 1.01. The Labute approximate surface area is 70.2 Å². The van der Waals surface area contributed by atoms with Crippen molar-refractivity contribution < 1.29 is 4.52 Å². The number of hydrogen-bond donors (Lipinski definition) is 0. The predicted molar refractivity (Wildman–Crippen MR) is 44.0 cm³/mol. The molecule has 1 heterocycles. The summed E-state index contributed by atoms with van der Waals surface area (Å²) in [6.07, 6.45) is 1.51. The number of halogens is 2. The summed E-state index contributed by atoms with van der Waals surface area (Å²) < 4.78 is 4.88. The van der Waals surface area contributed by atoms with Crippen LogP contribution in [0.15, 0.2) is 18.3 Å². The molecular formula is C5H4Cl2NOP. The summed E-state index contributed by atoms with van der Waals surface area (Å²) in [5, 5.41) is 0.588. The largest absolute Gasteiger partial charge is 0.443 e. The topological polar surface area (TPSA) is 22.1 Å². The lowest BCUT2D eigenvalue weighted by molar-refractivity contribution is 0.612. The van der Waals surface area contributed by atoms with Crippen molar-refractivity contribution in [1.82, 2.24) is 4.98 Å². The highest BCUT2D eigenvalue weighted by atomic mass is 35.7. The molecule has 10 heavy (non-hydrogen) atoms. The molecule has 0 aliphatic carbocycles. The Morgan fingerprint density at radius 1 is 1.50 bits per heavy atom. The van der Waals surface area contributed by atoms with Crippen LogP contribution >= 0.6 is 31.0 Å². The highest BCUT2D eigenvalue weighted by Crippen LogP contribution is 2.22. The standard InChI is InChI=1S/C5H4Cl2NOP/c6-4-1-2-5(8-3-4)9-10-7/h1-3,10H. The molecule has 1 atom stereocenters. The van der Waals surface area contributed by atoms with E-state index in [9.17, 15) is 0 Å². The Bertz CT molecular complexity index is 203. The van der Waals surface area contributed by atoms with Crippen molar-refractivity contribution in [2.75, 3.05) is 0 Å². The minimum Gasteiger partial charge on any atom is -0.443 e. The number of nitrogens with zero attached hydrogens (tertiary/aromatic N) is 1. The van der Waals surface area contributed by atoms with Crippen molar-refractivity contribution in [3.8, 4) is 5.88 Å². The zero-order valence-electron chi connectivity index (χ0n) is 4.84. The van der Waals surface area contributed by atoms with Crippen LogP contribution in [0.2, 0.25) is 5.02 Å². The molecule has 0 saturated carbocycles. The highest BCUT2D eigenvalue weighted by molar-refractivity contribution is 7.64. The highest BCUT2D eigenvalue weighted by Gasteiger charge is 1.91. The Morgan fingerprint density at radius 3 is 2.80 bits per heavy atom. The first-order valence-corrected chi connectivity index (χ1v) is 4.77. The lowest BCUT2D eigenvalue weighted by Crippen LogP contribution is -1.79. The molecule has 0 bridgehead atoms. The maximum absolute atomic E-state index is 5.56. The molecule has 1 unspecified atom stereocenters. The second-order valence-electron chi connectivity index (χ2n) is 1.49. The molecule has 1 rings (SSSR count). The van der Waals surface area contributed by atoms with Gasteiger partial charge in [0.1, 0.15) is 0 Å². The Kier molecular flexibility index (Phi) is 3.20. The van der Waals surface area contributed by atoms with Crippen molar-refractivity contribution in [3.63, 3.8) is 0 Å². The summed E-state index contributed by atoms with van der Waals surface area (Å²) in [5.41, 5.74) is 0. The fraction of sp³-hybridized carbons (Fsp3) is 0. The second-order valence-corrected chi connectivity index (χ2v) is 2.75. The van der Waals surface area contributed by atoms with Crippen molar-refractivity contribution >= 4 is 31.0 Å². The van der Waals surface area contributed by atoms with E-state index in [-0.39, 0.29) is 8.16 Å². The summed E-state index contributed by atoms with van der Waals surface area (Å²) in [7, 11) is -0.101. The van der Waals surface area contributed by atoms with Gasteiger partial charge in [0.15, 0.2) is 8.16 Å². The normalized spacial score (nSPS) is 10.6. The number of aromatic nitrogens is 1. The average molecular weight is 196 g/mol. The Hall–Kier alpha value is -0.0400. The Balaban J connectivity index is 2.69. The molecule has 2 nitrogen and oxygen atoms in total. The molecule has 0 N–H and O–H groups in total. The molecule has 0 saturated heterocycles. The van der Waals surface area contributed by atoms with Gasteiger partial charge in [-0.15, -0.1) is 0 Å². The van der Waals surface area contributed by atoms with Gasteiger partial charge in [0.2, 0.25) is 5.88 Å². The van der Waals surface area contributed by atoms with Crippen LogP contribution in [0.4, 0.5) is 0 Å². The van der Waals surface area contributed by atoms with E-state index in [1.807, 2.05) is 0 Å². The third-order valence-electron chi connectivity index (χ3n) is 0.843. The molecular weight excluding hydrogens is 192 g/mol. The smallest absolute Gasteiger partial charge is 0.217 e. The third-order valence-corrected chi connectivity index (χ3v) is 1.58. The van der Waals surface area contributed by atoms with E-state index in [1.54, 1.807) is 12.1 Å². The average Bonchev–Trinajstić information content (AvgIpc) is 1.95. The molecule has 0 aliphatic rings. The van der Waals surface area contributed by atoms with Crippen LogP contribution < -0.4 is 4.52 Å². The van der Waals surface area contributed by atoms with Crippen molar-refractivity contribution in [3.05, 3.63) is 23.4 Å². The number of pyridine rings is 1. The second kappa shape index (κ2) is 3.97. The number of rotatable bonds is 2. The van der Waals surface area contributed by atoms with E-state index in [1.165, 1.54) is 6.20 Å². The Morgan fingerprint density at radius 2 is 2.30 bits per heavy atom. The van der Waals surface area contributed by atoms with E-state index in [4.69, 9.17) is 27.4 Å². The van der Waals surface area contributed by atoms with E-state index < -0.39 is 0 Å².